The van der Waals surface area contributed by atoms with Crippen LogP contribution < -0.4 is 25.4 Å². The van der Waals surface area contributed by atoms with Crippen LogP contribution in [0.25, 0.3) is 22.2 Å². The second-order valence-corrected chi connectivity index (χ2v) is 9.84. The molecule has 3 aromatic rings. The van der Waals surface area contributed by atoms with Gasteiger partial charge in [0.15, 0.2) is 5.82 Å². The molecule has 1 unspecified atom stereocenters. The van der Waals surface area contributed by atoms with E-state index < -0.39 is 0 Å². The number of anilines is 2. The van der Waals surface area contributed by atoms with Crippen molar-refractivity contribution in [2.45, 2.75) is 24.5 Å². The molecule has 2 aliphatic rings. The minimum atomic E-state index is -0.273. The highest BCUT2D eigenvalue weighted by atomic mass is 35.5. The number of aromatic nitrogens is 3. The van der Waals surface area contributed by atoms with Gasteiger partial charge >= 0.3 is 0 Å². The largest absolute Gasteiger partial charge is 0.495 e. The molecule has 11 nitrogen and oxygen atoms in total. The predicted octanol–water partition coefficient (Wildman–Crippen LogP) is 3.70. The summed E-state index contributed by atoms with van der Waals surface area (Å²) in [5.74, 6) is 1.43. The third-order valence-corrected chi connectivity index (χ3v) is 7.32. The van der Waals surface area contributed by atoms with Crippen molar-refractivity contribution in [1.82, 2.24) is 20.3 Å². The van der Waals surface area contributed by atoms with Gasteiger partial charge in [-0.05, 0) is 18.6 Å². The molecule has 1 aromatic carbocycles. The topological polar surface area (TPSA) is 129 Å². The quantitative estimate of drug-likeness (QED) is 0.325. The molecule has 2 fully saturated rings. The number of ether oxygens (including phenoxy) is 4. The fraction of sp³-hybridized carbons (Fsp3) is 0.385. The highest BCUT2D eigenvalue weighted by Gasteiger charge is 2.30. The predicted molar refractivity (Wildman–Crippen MR) is 149 cm³/mol. The fourth-order valence-corrected chi connectivity index (χ4v) is 5.23. The van der Waals surface area contributed by atoms with E-state index in [1.807, 2.05) is 6.07 Å². The first-order valence-corrected chi connectivity index (χ1v) is 13.1. The Morgan fingerprint density at radius 1 is 1.05 bits per heavy atom. The molecular weight excluding hydrogens is 547 g/mol. The number of hydrogen-bond donors (Lipinski definition) is 3. The van der Waals surface area contributed by atoms with E-state index in [-0.39, 0.29) is 24.0 Å². The number of benzene rings is 1. The van der Waals surface area contributed by atoms with E-state index in [0.29, 0.717) is 81.9 Å². The lowest BCUT2D eigenvalue weighted by molar-refractivity contribution is -0.117. The Morgan fingerprint density at radius 3 is 2.46 bits per heavy atom. The number of hydrogen-bond acceptors (Lipinski definition) is 10. The monoisotopic (exact) mass is 574 g/mol. The molecule has 39 heavy (non-hydrogen) atoms. The molecule has 13 heteroatoms. The second-order valence-electron chi connectivity index (χ2n) is 9.08. The van der Waals surface area contributed by atoms with Crippen LogP contribution in [0, 0.1) is 0 Å². The number of carbonyl (C=O) groups is 1. The van der Waals surface area contributed by atoms with Crippen LogP contribution in [0.3, 0.4) is 0 Å². The SMILES string of the molecule is C=CC(=O)N[C@H]1COC[C@H]1Nc1ncc2cc(-c3c(Cl)c(OC)cc(OC)c3Cl)nc(NC3CCOC3)c2n1. The average Bonchev–Trinajstić information content (AvgIpc) is 3.61. The zero-order valence-corrected chi connectivity index (χ0v) is 22.9. The third-order valence-electron chi connectivity index (χ3n) is 6.57. The van der Waals surface area contributed by atoms with Crippen LogP contribution in [-0.4, -0.2) is 79.6 Å². The van der Waals surface area contributed by atoms with Gasteiger partial charge in [-0.25, -0.2) is 15.0 Å². The van der Waals surface area contributed by atoms with E-state index in [4.69, 9.17) is 52.1 Å². The lowest BCUT2D eigenvalue weighted by Crippen LogP contribution is -2.45. The minimum absolute atomic E-state index is 0.0508. The minimum Gasteiger partial charge on any atom is -0.495 e. The van der Waals surface area contributed by atoms with Gasteiger partial charge in [0.05, 0.1) is 67.9 Å². The molecule has 2 aromatic heterocycles. The summed E-state index contributed by atoms with van der Waals surface area (Å²) in [7, 11) is 3.04. The maximum absolute atomic E-state index is 11.8. The average molecular weight is 575 g/mol. The van der Waals surface area contributed by atoms with Crippen LogP contribution in [-0.2, 0) is 14.3 Å². The lowest BCUT2D eigenvalue weighted by atomic mass is 10.1. The number of amides is 1. The zero-order chi connectivity index (χ0) is 27.5. The van der Waals surface area contributed by atoms with E-state index in [9.17, 15) is 4.79 Å². The third kappa shape index (κ3) is 5.67. The van der Waals surface area contributed by atoms with Crippen LogP contribution in [0.2, 0.25) is 10.0 Å². The van der Waals surface area contributed by atoms with Gasteiger partial charge in [-0.1, -0.05) is 29.8 Å². The van der Waals surface area contributed by atoms with Gasteiger partial charge in [-0.15, -0.1) is 0 Å². The van der Waals surface area contributed by atoms with Gasteiger partial charge < -0.3 is 34.9 Å². The summed E-state index contributed by atoms with van der Waals surface area (Å²) in [5, 5.41) is 10.9. The highest BCUT2D eigenvalue weighted by molar-refractivity contribution is 6.41. The first-order chi connectivity index (χ1) is 18.9. The molecule has 0 aliphatic carbocycles. The van der Waals surface area contributed by atoms with Gasteiger partial charge in [0.2, 0.25) is 11.9 Å². The molecule has 4 heterocycles. The van der Waals surface area contributed by atoms with Crippen molar-refractivity contribution in [2.24, 2.45) is 0 Å². The number of halogens is 2. The van der Waals surface area contributed by atoms with Crippen molar-refractivity contribution >= 4 is 51.8 Å². The lowest BCUT2D eigenvalue weighted by Gasteiger charge is -2.20. The first kappa shape index (κ1) is 27.2. The van der Waals surface area contributed by atoms with E-state index in [2.05, 4.69) is 27.5 Å². The summed E-state index contributed by atoms with van der Waals surface area (Å²) < 4.78 is 22.0. The Labute approximate surface area is 235 Å². The molecule has 1 amide bonds. The number of rotatable bonds is 9. The van der Waals surface area contributed by atoms with Gasteiger partial charge in [0.1, 0.15) is 17.0 Å². The number of fused-ring (bicyclic) bond motifs is 1. The number of carbonyl (C=O) groups excluding carboxylic acids is 1. The number of methoxy groups -OCH3 is 2. The van der Waals surface area contributed by atoms with Crippen molar-refractivity contribution in [3.63, 3.8) is 0 Å². The summed E-state index contributed by atoms with van der Waals surface area (Å²) in [6.07, 6.45) is 3.74. The molecule has 0 bridgehead atoms. The molecule has 2 saturated heterocycles. The molecule has 2 aliphatic heterocycles. The van der Waals surface area contributed by atoms with Crippen molar-refractivity contribution in [1.29, 1.82) is 0 Å². The maximum atomic E-state index is 11.8. The second kappa shape index (κ2) is 11.8. The zero-order valence-electron chi connectivity index (χ0n) is 21.4. The standard InChI is InChI=1S/C26H28Cl2N6O5/c1-4-20(35)31-16-11-39-12-17(16)33-26-29-9-13-7-15(21-22(27)18(36-2)8-19(37-3)23(21)28)32-25(24(13)34-26)30-14-5-6-38-10-14/h4,7-9,14,16-17H,1,5-6,10-12H2,2-3H3,(H,30,32)(H,31,35)(H,29,33,34)/t14?,16-,17+/m0/s1. The Bertz CT molecular complexity index is 1370. The van der Waals surface area contributed by atoms with Crippen LogP contribution in [0.15, 0.2) is 31.0 Å². The molecule has 0 spiro atoms. The van der Waals surface area contributed by atoms with Crippen molar-refractivity contribution in [2.75, 3.05) is 51.3 Å². The molecule has 0 radical (unpaired) electrons. The maximum Gasteiger partial charge on any atom is 0.243 e. The fourth-order valence-electron chi connectivity index (χ4n) is 4.54. The summed E-state index contributed by atoms with van der Waals surface area (Å²) in [6.45, 7) is 5.46. The van der Waals surface area contributed by atoms with E-state index in [1.165, 1.54) is 20.3 Å². The van der Waals surface area contributed by atoms with E-state index in [1.54, 1.807) is 12.3 Å². The van der Waals surface area contributed by atoms with Crippen LogP contribution in [0.1, 0.15) is 6.42 Å². The van der Waals surface area contributed by atoms with Gasteiger partial charge in [0, 0.05) is 29.8 Å². The van der Waals surface area contributed by atoms with Crippen molar-refractivity contribution in [3.05, 3.63) is 41.0 Å². The van der Waals surface area contributed by atoms with Crippen LogP contribution >= 0.6 is 23.2 Å². The summed E-state index contributed by atoms with van der Waals surface area (Å²) in [4.78, 5) is 26.0. The smallest absolute Gasteiger partial charge is 0.243 e. The van der Waals surface area contributed by atoms with Gasteiger partial charge in [0.25, 0.3) is 0 Å². The number of nitrogens with one attached hydrogen (secondary N) is 3. The van der Waals surface area contributed by atoms with E-state index >= 15 is 0 Å². The Kier molecular flexibility index (Phi) is 8.22. The summed E-state index contributed by atoms with van der Waals surface area (Å²) in [5.41, 5.74) is 1.56. The van der Waals surface area contributed by atoms with Crippen molar-refractivity contribution < 1.29 is 23.7 Å². The first-order valence-electron chi connectivity index (χ1n) is 12.3. The molecule has 5 rings (SSSR count). The number of pyridine rings is 1. The normalized spacial score (nSPS) is 20.6. The summed E-state index contributed by atoms with van der Waals surface area (Å²) >= 11 is 13.4. The molecule has 206 valence electrons. The van der Waals surface area contributed by atoms with Crippen molar-refractivity contribution in [3.8, 4) is 22.8 Å². The Morgan fingerprint density at radius 2 is 1.79 bits per heavy atom. The van der Waals surface area contributed by atoms with Crippen LogP contribution in [0.4, 0.5) is 11.8 Å². The van der Waals surface area contributed by atoms with E-state index in [0.717, 1.165) is 6.42 Å². The van der Waals surface area contributed by atoms with Crippen LogP contribution in [0.5, 0.6) is 11.5 Å². The molecule has 3 N–H and O–H groups in total. The highest BCUT2D eigenvalue weighted by Crippen LogP contribution is 2.46. The van der Waals surface area contributed by atoms with Gasteiger partial charge in [-0.3, -0.25) is 4.79 Å². The Balaban J connectivity index is 1.56. The number of nitrogens with zero attached hydrogens (tertiary/aromatic N) is 3. The molecule has 3 atom stereocenters. The summed E-state index contributed by atoms with van der Waals surface area (Å²) in [6, 6.07) is 3.02. The van der Waals surface area contributed by atoms with Gasteiger partial charge in [-0.2, -0.15) is 0 Å². The molecular formula is C26H28Cl2N6O5. The Hall–Kier alpha value is -3.38. The molecule has 0 saturated carbocycles.